The maximum atomic E-state index is 6.40. The zero-order valence-electron chi connectivity index (χ0n) is 29.1. The van der Waals surface area contributed by atoms with Gasteiger partial charge in [0.05, 0.1) is 0 Å². The van der Waals surface area contributed by atoms with Gasteiger partial charge in [-0.05, 0) is 82.7 Å². The van der Waals surface area contributed by atoms with Crippen molar-refractivity contribution in [2.45, 2.75) is 0 Å². The third kappa shape index (κ3) is 5.03. The Kier molecular flexibility index (Phi) is 7.04. The van der Waals surface area contributed by atoms with Crippen molar-refractivity contribution in [3.63, 3.8) is 0 Å². The Morgan fingerprint density at radius 3 is 1.33 bits per heavy atom. The van der Waals surface area contributed by atoms with E-state index >= 15 is 0 Å². The van der Waals surface area contributed by atoms with Crippen molar-refractivity contribution in [2.24, 2.45) is 0 Å². The van der Waals surface area contributed by atoms with Gasteiger partial charge < -0.3 is 13.7 Å². The number of furan rings is 2. The molecule has 0 atom stereocenters. The Morgan fingerprint density at radius 2 is 0.815 bits per heavy atom. The number of para-hydroxylation sites is 4. The summed E-state index contributed by atoms with van der Waals surface area (Å²) in [6.07, 6.45) is 0. The van der Waals surface area contributed by atoms with Gasteiger partial charge in [0.1, 0.15) is 22.3 Å². The molecule has 0 amide bonds. The molecule has 3 heterocycles. The van der Waals surface area contributed by atoms with Gasteiger partial charge in [-0.25, -0.2) is 0 Å². The number of thiophene rings is 1. The molecule has 11 aromatic rings. The van der Waals surface area contributed by atoms with E-state index in [1.807, 2.05) is 35.6 Å². The minimum absolute atomic E-state index is 0.904. The number of nitrogens with zero attached hydrogens (tertiary/aromatic N) is 1. The normalized spacial score (nSPS) is 11.7. The summed E-state index contributed by atoms with van der Waals surface area (Å²) in [7, 11) is 0. The fourth-order valence-corrected chi connectivity index (χ4v) is 8.94. The summed E-state index contributed by atoms with van der Waals surface area (Å²) in [5.41, 5.74) is 12.4. The van der Waals surface area contributed by atoms with Crippen molar-refractivity contribution in [2.75, 3.05) is 4.90 Å². The highest BCUT2D eigenvalue weighted by molar-refractivity contribution is 7.22. The summed E-state index contributed by atoms with van der Waals surface area (Å²) >= 11 is 1.83. The van der Waals surface area contributed by atoms with Crippen LogP contribution in [0.4, 0.5) is 17.1 Å². The zero-order chi connectivity index (χ0) is 35.6. The highest BCUT2D eigenvalue weighted by Crippen LogP contribution is 2.42. The number of rotatable bonds is 6. The predicted molar refractivity (Wildman–Crippen MR) is 227 cm³/mol. The van der Waals surface area contributed by atoms with Crippen molar-refractivity contribution in [1.29, 1.82) is 0 Å². The predicted octanol–water partition coefficient (Wildman–Crippen LogP) is 15.2. The van der Waals surface area contributed by atoms with Crippen LogP contribution in [0.25, 0.3) is 86.7 Å². The van der Waals surface area contributed by atoms with Crippen molar-refractivity contribution in [3.05, 3.63) is 188 Å². The maximum Gasteiger partial charge on any atom is 0.143 e. The summed E-state index contributed by atoms with van der Waals surface area (Å²) in [6, 6.07) is 66.7. The van der Waals surface area contributed by atoms with Gasteiger partial charge in [0.2, 0.25) is 0 Å². The van der Waals surface area contributed by atoms with Crippen LogP contribution in [-0.2, 0) is 0 Å². The maximum absolute atomic E-state index is 6.40. The van der Waals surface area contributed by atoms with Gasteiger partial charge in [-0.2, -0.15) is 0 Å². The molecule has 54 heavy (non-hydrogen) atoms. The first kappa shape index (κ1) is 30.7. The van der Waals surface area contributed by atoms with Crippen molar-refractivity contribution in [1.82, 2.24) is 0 Å². The van der Waals surface area contributed by atoms with Gasteiger partial charge in [0.15, 0.2) is 0 Å². The van der Waals surface area contributed by atoms with E-state index in [4.69, 9.17) is 8.83 Å². The van der Waals surface area contributed by atoms with Crippen LogP contribution in [0.15, 0.2) is 197 Å². The third-order valence-corrected chi connectivity index (χ3v) is 11.7. The molecular formula is C50H31NO2S. The smallest absolute Gasteiger partial charge is 0.143 e. The molecular weight excluding hydrogens is 679 g/mol. The van der Waals surface area contributed by atoms with Gasteiger partial charge in [0.25, 0.3) is 0 Å². The van der Waals surface area contributed by atoms with Crippen LogP contribution in [0.1, 0.15) is 0 Å². The molecule has 8 aromatic carbocycles. The van der Waals surface area contributed by atoms with E-state index in [-0.39, 0.29) is 0 Å². The number of fused-ring (bicyclic) bond motifs is 7. The second-order valence-electron chi connectivity index (χ2n) is 13.7. The van der Waals surface area contributed by atoms with Gasteiger partial charge in [-0.3, -0.25) is 0 Å². The lowest BCUT2D eigenvalue weighted by Crippen LogP contribution is -2.09. The van der Waals surface area contributed by atoms with Gasteiger partial charge >= 0.3 is 0 Å². The molecule has 11 rings (SSSR count). The van der Waals surface area contributed by atoms with Crippen molar-refractivity contribution < 1.29 is 8.83 Å². The van der Waals surface area contributed by atoms with Gasteiger partial charge in [0, 0.05) is 59.3 Å². The minimum atomic E-state index is 0.904. The quantitative estimate of drug-likeness (QED) is 0.172. The second-order valence-corrected chi connectivity index (χ2v) is 14.8. The Hall–Kier alpha value is -6.88. The Bertz CT molecular complexity index is 2960. The van der Waals surface area contributed by atoms with E-state index in [2.05, 4.69) is 169 Å². The van der Waals surface area contributed by atoms with Gasteiger partial charge in [-0.15, -0.1) is 11.3 Å². The lowest BCUT2D eigenvalue weighted by Gasteiger charge is -2.26. The standard InChI is InChI=1S/C50H31NO2S/c1-6-18-47-35(9-1)31-48(54-47)34-23-29-38(30-24-34)51(36-25-19-32(20-26-36)39-12-7-14-43-41-10-2-4-16-45(41)52-49(39)43)37-27-21-33(22-28-37)40-13-8-15-44-42-11-3-5-17-46(42)53-50(40)44/h1-31H. The molecule has 0 saturated heterocycles. The van der Waals surface area contributed by atoms with Crippen LogP contribution in [0.5, 0.6) is 0 Å². The highest BCUT2D eigenvalue weighted by Gasteiger charge is 2.17. The van der Waals surface area contributed by atoms with E-state index in [1.54, 1.807) is 0 Å². The molecule has 4 heteroatoms. The zero-order valence-corrected chi connectivity index (χ0v) is 29.9. The molecule has 254 valence electrons. The van der Waals surface area contributed by atoms with E-state index < -0.39 is 0 Å². The summed E-state index contributed by atoms with van der Waals surface area (Å²) < 4.78 is 14.1. The molecule has 0 radical (unpaired) electrons. The average molecular weight is 710 g/mol. The number of benzene rings is 8. The molecule has 0 bridgehead atoms. The Labute approximate surface area is 315 Å². The number of hydrogen-bond acceptors (Lipinski definition) is 4. The van der Waals surface area contributed by atoms with Gasteiger partial charge in [-0.1, -0.05) is 127 Å². The van der Waals surface area contributed by atoms with E-state index in [0.29, 0.717) is 0 Å². The lowest BCUT2D eigenvalue weighted by atomic mass is 10.0. The van der Waals surface area contributed by atoms with Crippen molar-refractivity contribution >= 4 is 82.4 Å². The van der Waals surface area contributed by atoms with Crippen LogP contribution >= 0.6 is 11.3 Å². The molecule has 0 unspecified atom stereocenters. The molecule has 0 spiro atoms. The number of hydrogen-bond donors (Lipinski definition) is 0. The molecule has 0 aliphatic carbocycles. The largest absolute Gasteiger partial charge is 0.455 e. The molecule has 3 nitrogen and oxygen atoms in total. The van der Waals surface area contributed by atoms with Crippen LogP contribution in [0, 0.1) is 0 Å². The van der Waals surface area contributed by atoms with Crippen LogP contribution in [0.3, 0.4) is 0 Å². The second kappa shape index (κ2) is 12.4. The Morgan fingerprint density at radius 1 is 0.370 bits per heavy atom. The van der Waals surface area contributed by atoms with E-state index in [0.717, 1.165) is 83.2 Å². The van der Waals surface area contributed by atoms with Crippen LogP contribution < -0.4 is 4.90 Å². The first-order valence-electron chi connectivity index (χ1n) is 18.2. The summed E-state index contributed by atoms with van der Waals surface area (Å²) in [5, 5.41) is 5.81. The number of anilines is 3. The van der Waals surface area contributed by atoms with Crippen LogP contribution in [-0.4, -0.2) is 0 Å². The summed E-state index contributed by atoms with van der Waals surface area (Å²) in [4.78, 5) is 3.59. The first-order valence-corrected chi connectivity index (χ1v) is 19.0. The molecule has 0 aliphatic rings. The molecule has 3 aromatic heterocycles. The Balaban J connectivity index is 0.998. The topological polar surface area (TPSA) is 29.5 Å². The lowest BCUT2D eigenvalue weighted by molar-refractivity contribution is 0.669. The molecule has 0 fully saturated rings. The van der Waals surface area contributed by atoms with E-state index in [1.165, 1.54) is 20.5 Å². The highest BCUT2D eigenvalue weighted by atomic mass is 32.1. The average Bonchev–Trinajstić information content (AvgIpc) is 3.95. The fraction of sp³-hybridized carbons (Fsp3) is 0. The minimum Gasteiger partial charge on any atom is -0.455 e. The molecule has 0 aliphatic heterocycles. The molecule has 0 N–H and O–H groups in total. The monoisotopic (exact) mass is 709 g/mol. The van der Waals surface area contributed by atoms with Crippen molar-refractivity contribution in [3.8, 4) is 32.7 Å². The third-order valence-electron chi connectivity index (χ3n) is 10.5. The first-order chi connectivity index (χ1) is 26.7. The SMILES string of the molecule is c1ccc2sc(-c3ccc(N(c4ccc(-c5cccc6c5oc5ccccc56)cc4)c4ccc(-c5cccc6c5oc5ccccc56)cc4)cc3)cc2c1. The summed E-state index contributed by atoms with van der Waals surface area (Å²) in [6.45, 7) is 0. The summed E-state index contributed by atoms with van der Waals surface area (Å²) in [5.74, 6) is 0. The fourth-order valence-electron chi connectivity index (χ4n) is 7.88. The molecule has 0 saturated carbocycles. The van der Waals surface area contributed by atoms with Crippen LogP contribution in [0.2, 0.25) is 0 Å². The van der Waals surface area contributed by atoms with E-state index in [9.17, 15) is 0 Å².